The standard InChI is InChI=1S/C9H15N5OS/c1-13(2)7-3-4-14(6-7)9(15)11-8-5-10-12-16-8/h5,7H,3-4,6H2,1-2H3,(H,11,15). The van der Waals surface area contributed by atoms with Crippen molar-refractivity contribution in [3.05, 3.63) is 6.20 Å². The monoisotopic (exact) mass is 241 g/mol. The third kappa shape index (κ3) is 2.48. The Labute approximate surface area is 98.4 Å². The third-order valence-electron chi connectivity index (χ3n) is 2.77. The van der Waals surface area contributed by atoms with E-state index >= 15 is 0 Å². The molecule has 88 valence electrons. The van der Waals surface area contributed by atoms with E-state index in [1.54, 1.807) is 6.20 Å². The van der Waals surface area contributed by atoms with E-state index < -0.39 is 0 Å². The Morgan fingerprint density at radius 3 is 3.06 bits per heavy atom. The van der Waals surface area contributed by atoms with E-state index in [1.165, 1.54) is 11.5 Å². The molecule has 0 spiro atoms. The van der Waals surface area contributed by atoms with Crippen LogP contribution in [0, 0.1) is 0 Å². The van der Waals surface area contributed by atoms with Crippen molar-refractivity contribution in [3.8, 4) is 0 Å². The summed E-state index contributed by atoms with van der Waals surface area (Å²) >= 11 is 1.19. The van der Waals surface area contributed by atoms with Crippen LogP contribution in [-0.2, 0) is 0 Å². The van der Waals surface area contributed by atoms with Crippen LogP contribution >= 0.6 is 11.5 Å². The van der Waals surface area contributed by atoms with Crippen LogP contribution in [0.25, 0.3) is 0 Å². The van der Waals surface area contributed by atoms with Crippen molar-refractivity contribution in [1.82, 2.24) is 19.4 Å². The van der Waals surface area contributed by atoms with Gasteiger partial charge in [-0.25, -0.2) is 4.79 Å². The molecule has 0 saturated carbocycles. The van der Waals surface area contributed by atoms with Gasteiger partial charge in [0.2, 0.25) is 0 Å². The quantitative estimate of drug-likeness (QED) is 0.828. The summed E-state index contributed by atoms with van der Waals surface area (Å²) < 4.78 is 3.70. The molecule has 1 aliphatic heterocycles. The molecule has 0 bridgehead atoms. The lowest BCUT2D eigenvalue weighted by Gasteiger charge is -2.20. The van der Waals surface area contributed by atoms with Crippen LogP contribution in [0.2, 0.25) is 0 Å². The average Bonchev–Trinajstić information content (AvgIpc) is 2.86. The van der Waals surface area contributed by atoms with Crippen molar-refractivity contribution in [2.24, 2.45) is 0 Å². The van der Waals surface area contributed by atoms with Crippen LogP contribution in [0.4, 0.5) is 9.80 Å². The van der Waals surface area contributed by atoms with Crippen molar-refractivity contribution in [1.29, 1.82) is 0 Å². The number of urea groups is 1. The highest BCUT2D eigenvalue weighted by Crippen LogP contribution is 2.16. The first-order chi connectivity index (χ1) is 7.66. The number of carbonyl (C=O) groups is 1. The lowest BCUT2D eigenvalue weighted by Crippen LogP contribution is -2.36. The fourth-order valence-corrected chi connectivity index (χ4v) is 2.16. The molecule has 1 atom stereocenters. The first-order valence-corrected chi connectivity index (χ1v) is 5.94. The number of nitrogens with one attached hydrogen (secondary N) is 1. The smallest absolute Gasteiger partial charge is 0.322 e. The molecule has 0 aliphatic carbocycles. The minimum absolute atomic E-state index is 0.0598. The molecule has 6 nitrogen and oxygen atoms in total. The van der Waals surface area contributed by atoms with E-state index in [-0.39, 0.29) is 6.03 Å². The fraction of sp³-hybridized carbons (Fsp3) is 0.667. The normalized spacial score (nSPS) is 20.4. The number of likely N-dealkylation sites (tertiary alicyclic amines) is 1. The molecule has 1 fully saturated rings. The van der Waals surface area contributed by atoms with Gasteiger partial charge in [-0.3, -0.25) is 5.32 Å². The highest BCUT2D eigenvalue weighted by molar-refractivity contribution is 7.10. The molecule has 1 saturated heterocycles. The lowest BCUT2D eigenvalue weighted by atomic mass is 10.2. The fourth-order valence-electron chi connectivity index (χ4n) is 1.75. The molecule has 16 heavy (non-hydrogen) atoms. The molecule has 0 radical (unpaired) electrons. The van der Waals surface area contributed by atoms with Gasteiger partial charge in [0.25, 0.3) is 0 Å². The van der Waals surface area contributed by atoms with Gasteiger partial charge in [-0.2, -0.15) is 0 Å². The third-order valence-corrected chi connectivity index (χ3v) is 3.35. The molecule has 7 heteroatoms. The number of nitrogens with zero attached hydrogens (tertiary/aromatic N) is 4. The Hall–Kier alpha value is -1.21. The Bertz CT molecular complexity index is 353. The second kappa shape index (κ2) is 4.75. The molecule has 1 unspecified atom stereocenters. The van der Waals surface area contributed by atoms with E-state index in [9.17, 15) is 4.79 Å². The molecule has 2 amide bonds. The molecule has 0 aromatic carbocycles. The van der Waals surface area contributed by atoms with Crippen LogP contribution < -0.4 is 5.32 Å². The first-order valence-electron chi connectivity index (χ1n) is 5.16. The number of hydrogen-bond donors (Lipinski definition) is 1. The number of likely N-dealkylation sites (N-methyl/N-ethyl adjacent to an activating group) is 1. The van der Waals surface area contributed by atoms with Crippen LogP contribution in [0.5, 0.6) is 0 Å². The number of anilines is 1. The Balaban J connectivity index is 1.87. The Morgan fingerprint density at radius 2 is 2.50 bits per heavy atom. The van der Waals surface area contributed by atoms with Crippen LogP contribution in [-0.4, -0.2) is 58.6 Å². The van der Waals surface area contributed by atoms with Gasteiger partial charge < -0.3 is 9.80 Å². The van der Waals surface area contributed by atoms with E-state index in [1.807, 2.05) is 19.0 Å². The first kappa shape index (κ1) is 11.3. The highest BCUT2D eigenvalue weighted by Gasteiger charge is 2.27. The summed E-state index contributed by atoms with van der Waals surface area (Å²) in [6.07, 6.45) is 2.59. The largest absolute Gasteiger partial charge is 0.323 e. The SMILES string of the molecule is CN(C)C1CCN(C(=O)Nc2cnns2)C1. The summed E-state index contributed by atoms with van der Waals surface area (Å²) in [5.41, 5.74) is 0. The second-order valence-corrected chi connectivity index (χ2v) is 4.85. The van der Waals surface area contributed by atoms with Crippen molar-refractivity contribution in [2.75, 3.05) is 32.5 Å². The molecule has 2 rings (SSSR count). The zero-order valence-corrected chi connectivity index (χ0v) is 10.2. The average molecular weight is 241 g/mol. The van der Waals surface area contributed by atoms with Crippen LogP contribution in [0.3, 0.4) is 0 Å². The maximum Gasteiger partial charge on any atom is 0.322 e. The van der Waals surface area contributed by atoms with Gasteiger partial charge >= 0.3 is 6.03 Å². The molecule has 1 aromatic heterocycles. The van der Waals surface area contributed by atoms with E-state index in [0.29, 0.717) is 11.0 Å². The second-order valence-electron chi connectivity index (χ2n) is 4.06. The van der Waals surface area contributed by atoms with E-state index in [0.717, 1.165) is 19.5 Å². The van der Waals surface area contributed by atoms with Crippen LogP contribution in [0.15, 0.2) is 6.20 Å². The summed E-state index contributed by atoms with van der Waals surface area (Å²) in [5.74, 6) is 0. The van der Waals surface area contributed by atoms with Gasteiger partial charge in [-0.1, -0.05) is 4.49 Å². The minimum Gasteiger partial charge on any atom is -0.323 e. The van der Waals surface area contributed by atoms with Crippen molar-refractivity contribution in [2.45, 2.75) is 12.5 Å². The van der Waals surface area contributed by atoms with Crippen molar-refractivity contribution < 1.29 is 4.79 Å². The van der Waals surface area contributed by atoms with Gasteiger partial charge in [-0.15, -0.1) is 5.10 Å². The lowest BCUT2D eigenvalue weighted by molar-refractivity contribution is 0.216. The number of amides is 2. The number of carbonyl (C=O) groups excluding carboxylic acids is 1. The van der Waals surface area contributed by atoms with Gasteiger partial charge in [0.1, 0.15) is 5.00 Å². The number of hydrogen-bond acceptors (Lipinski definition) is 5. The summed E-state index contributed by atoms with van der Waals surface area (Å²) in [6.45, 7) is 1.59. The van der Waals surface area contributed by atoms with Crippen LogP contribution in [0.1, 0.15) is 6.42 Å². The number of rotatable bonds is 2. The zero-order valence-electron chi connectivity index (χ0n) is 9.38. The predicted octanol–water partition coefficient (Wildman–Crippen LogP) is 0.706. The zero-order chi connectivity index (χ0) is 11.5. The number of aromatic nitrogens is 2. The topological polar surface area (TPSA) is 61.4 Å². The Kier molecular flexibility index (Phi) is 3.35. The summed E-state index contributed by atoms with van der Waals surface area (Å²) in [7, 11) is 4.08. The maximum absolute atomic E-state index is 11.8. The van der Waals surface area contributed by atoms with Gasteiger partial charge in [0.05, 0.1) is 6.20 Å². The minimum atomic E-state index is -0.0598. The summed E-state index contributed by atoms with van der Waals surface area (Å²) in [5, 5.41) is 7.15. The van der Waals surface area contributed by atoms with Crippen molar-refractivity contribution in [3.63, 3.8) is 0 Å². The van der Waals surface area contributed by atoms with E-state index in [4.69, 9.17) is 0 Å². The molecule has 1 aromatic rings. The van der Waals surface area contributed by atoms with Gasteiger partial charge in [0, 0.05) is 30.7 Å². The molecule has 1 N–H and O–H groups in total. The predicted molar refractivity (Wildman–Crippen MR) is 62.6 cm³/mol. The van der Waals surface area contributed by atoms with Gasteiger partial charge in [0.15, 0.2) is 0 Å². The summed E-state index contributed by atoms with van der Waals surface area (Å²) in [6, 6.07) is 0.403. The van der Waals surface area contributed by atoms with Crippen molar-refractivity contribution >= 4 is 22.6 Å². The summed E-state index contributed by atoms with van der Waals surface area (Å²) in [4.78, 5) is 15.8. The molecule has 1 aliphatic rings. The molecular formula is C9H15N5OS. The molecular weight excluding hydrogens is 226 g/mol. The van der Waals surface area contributed by atoms with Gasteiger partial charge in [-0.05, 0) is 20.5 Å². The Morgan fingerprint density at radius 1 is 1.69 bits per heavy atom. The molecule has 2 heterocycles. The maximum atomic E-state index is 11.8. The van der Waals surface area contributed by atoms with E-state index in [2.05, 4.69) is 19.8 Å². The highest BCUT2D eigenvalue weighted by atomic mass is 32.1.